The van der Waals surface area contributed by atoms with Crippen LogP contribution in [0, 0.1) is 0 Å². The number of benzene rings is 3. The molecule has 1 aliphatic heterocycles. The van der Waals surface area contributed by atoms with Crippen LogP contribution in [-0.2, 0) is 9.59 Å². The Balaban J connectivity index is 1.50. The normalized spacial score (nSPS) is 13.9. The zero-order valence-corrected chi connectivity index (χ0v) is 19.3. The number of thioether (sulfide) groups is 1. The second kappa shape index (κ2) is 9.15. The fourth-order valence-electron chi connectivity index (χ4n) is 4.11. The molecular formula is C26H22N4O3S. The Labute approximate surface area is 200 Å². The zero-order chi connectivity index (χ0) is 23.7. The lowest BCUT2D eigenvalue weighted by molar-refractivity contribution is -0.120. The van der Waals surface area contributed by atoms with Crippen LogP contribution >= 0.6 is 11.8 Å². The van der Waals surface area contributed by atoms with E-state index in [1.807, 2.05) is 61.5 Å². The molecule has 2 heterocycles. The van der Waals surface area contributed by atoms with Crippen LogP contribution in [0.15, 0.2) is 88.8 Å². The molecular weight excluding hydrogens is 448 g/mol. The van der Waals surface area contributed by atoms with Gasteiger partial charge in [0.2, 0.25) is 11.8 Å². The Morgan fingerprint density at radius 2 is 1.71 bits per heavy atom. The van der Waals surface area contributed by atoms with E-state index < -0.39 is 0 Å². The maximum Gasteiger partial charge on any atom is 0.262 e. The second-order valence-electron chi connectivity index (χ2n) is 8.01. The van der Waals surface area contributed by atoms with Gasteiger partial charge in [-0.15, -0.1) is 0 Å². The highest BCUT2D eigenvalue weighted by atomic mass is 32.2. The van der Waals surface area contributed by atoms with E-state index in [1.165, 1.54) is 16.7 Å². The van der Waals surface area contributed by atoms with E-state index >= 15 is 0 Å². The van der Waals surface area contributed by atoms with Gasteiger partial charge in [0.05, 0.1) is 34.1 Å². The van der Waals surface area contributed by atoms with Crippen molar-refractivity contribution in [1.29, 1.82) is 0 Å². The average molecular weight is 471 g/mol. The predicted molar refractivity (Wildman–Crippen MR) is 134 cm³/mol. The summed E-state index contributed by atoms with van der Waals surface area (Å²) in [5.74, 6) is -0.433. The van der Waals surface area contributed by atoms with Gasteiger partial charge < -0.3 is 10.2 Å². The van der Waals surface area contributed by atoms with Crippen molar-refractivity contribution in [3.8, 4) is 0 Å². The SMILES string of the molecule is C[C@H](c1ccccc1)n1c(SCC(=O)N2CC(=O)Nc3ccccc32)nc2ccccc2c1=O. The number of carbonyl (C=O) groups is 2. The highest BCUT2D eigenvalue weighted by molar-refractivity contribution is 7.99. The van der Waals surface area contributed by atoms with Gasteiger partial charge in [0.1, 0.15) is 6.54 Å². The molecule has 7 nitrogen and oxygen atoms in total. The van der Waals surface area contributed by atoms with Gasteiger partial charge in [-0.25, -0.2) is 4.98 Å². The van der Waals surface area contributed by atoms with Crippen LogP contribution in [0.25, 0.3) is 10.9 Å². The van der Waals surface area contributed by atoms with Crippen LogP contribution in [0.4, 0.5) is 11.4 Å². The Morgan fingerprint density at radius 3 is 2.53 bits per heavy atom. The van der Waals surface area contributed by atoms with Crippen LogP contribution in [0.1, 0.15) is 18.5 Å². The molecule has 0 spiro atoms. The number of anilines is 2. The van der Waals surface area contributed by atoms with Crippen molar-refractivity contribution in [2.75, 3.05) is 22.5 Å². The monoisotopic (exact) mass is 470 g/mol. The van der Waals surface area contributed by atoms with Crippen LogP contribution in [0.2, 0.25) is 0 Å². The summed E-state index contributed by atoms with van der Waals surface area (Å²) in [4.78, 5) is 45.0. The molecule has 1 aromatic heterocycles. The number of nitrogens with one attached hydrogen (secondary N) is 1. The number of aromatic nitrogens is 2. The second-order valence-corrected chi connectivity index (χ2v) is 8.95. The van der Waals surface area contributed by atoms with E-state index in [0.29, 0.717) is 27.4 Å². The molecule has 4 aromatic rings. The number of nitrogens with zero attached hydrogens (tertiary/aromatic N) is 3. The van der Waals surface area contributed by atoms with Gasteiger partial charge in [-0.3, -0.25) is 19.0 Å². The van der Waals surface area contributed by atoms with E-state index in [1.54, 1.807) is 28.8 Å². The van der Waals surface area contributed by atoms with E-state index in [0.717, 1.165) is 5.56 Å². The molecule has 3 aromatic carbocycles. The summed E-state index contributed by atoms with van der Waals surface area (Å²) >= 11 is 1.21. The smallest absolute Gasteiger partial charge is 0.262 e. The van der Waals surface area contributed by atoms with E-state index in [4.69, 9.17) is 4.98 Å². The summed E-state index contributed by atoms with van der Waals surface area (Å²) in [6.45, 7) is 1.90. The molecule has 0 unspecified atom stereocenters. The van der Waals surface area contributed by atoms with Crippen LogP contribution in [-0.4, -0.2) is 33.7 Å². The first-order valence-corrected chi connectivity index (χ1v) is 11.9. The lowest BCUT2D eigenvalue weighted by Gasteiger charge is -2.29. The Kier molecular flexibility index (Phi) is 5.90. The van der Waals surface area contributed by atoms with E-state index in [2.05, 4.69) is 5.32 Å². The molecule has 8 heteroatoms. The van der Waals surface area contributed by atoms with Crippen LogP contribution in [0.3, 0.4) is 0 Å². The van der Waals surface area contributed by atoms with Gasteiger partial charge in [-0.2, -0.15) is 0 Å². The summed E-state index contributed by atoms with van der Waals surface area (Å²) in [6.07, 6.45) is 0. The van der Waals surface area contributed by atoms with Crippen molar-refractivity contribution in [3.05, 3.63) is 94.8 Å². The number of rotatable bonds is 5. The lowest BCUT2D eigenvalue weighted by Crippen LogP contribution is -2.43. The number of hydrogen-bond donors (Lipinski definition) is 1. The van der Waals surface area contributed by atoms with E-state index in [-0.39, 0.29) is 35.7 Å². The number of amides is 2. The molecule has 34 heavy (non-hydrogen) atoms. The number of hydrogen-bond acceptors (Lipinski definition) is 5. The molecule has 170 valence electrons. The summed E-state index contributed by atoms with van der Waals surface area (Å²) in [5, 5.41) is 3.78. The third-order valence-electron chi connectivity index (χ3n) is 5.84. The number of para-hydroxylation sites is 3. The molecule has 0 saturated heterocycles. The topological polar surface area (TPSA) is 84.3 Å². The minimum atomic E-state index is -0.273. The maximum absolute atomic E-state index is 13.5. The van der Waals surface area contributed by atoms with Crippen molar-refractivity contribution < 1.29 is 9.59 Å². The fourth-order valence-corrected chi connectivity index (χ4v) is 5.06. The van der Waals surface area contributed by atoms with Gasteiger partial charge in [-0.05, 0) is 36.8 Å². The van der Waals surface area contributed by atoms with Crippen molar-refractivity contribution in [2.45, 2.75) is 18.1 Å². The fraction of sp³-hybridized carbons (Fsp3) is 0.154. The van der Waals surface area contributed by atoms with Gasteiger partial charge >= 0.3 is 0 Å². The third kappa shape index (κ3) is 4.08. The van der Waals surface area contributed by atoms with Crippen molar-refractivity contribution >= 4 is 45.9 Å². The highest BCUT2D eigenvalue weighted by Crippen LogP contribution is 2.30. The van der Waals surface area contributed by atoms with Gasteiger partial charge in [-0.1, -0.05) is 66.4 Å². The van der Waals surface area contributed by atoms with Crippen LogP contribution in [0.5, 0.6) is 0 Å². The van der Waals surface area contributed by atoms with Gasteiger partial charge in [0.25, 0.3) is 5.56 Å². The van der Waals surface area contributed by atoms with Gasteiger partial charge in [0, 0.05) is 0 Å². The standard InChI is InChI=1S/C26H22N4O3S/c1-17(18-9-3-2-4-10-18)30-25(33)19-11-5-6-12-20(19)28-26(30)34-16-24(32)29-15-23(31)27-21-13-7-8-14-22(21)29/h2-14,17H,15-16H2,1H3,(H,27,31)/t17-/m1/s1. The molecule has 0 bridgehead atoms. The Bertz CT molecular complexity index is 1450. The molecule has 2 amide bonds. The molecule has 0 fully saturated rings. The van der Waals surface area contributed by atoms with Crippen molar-refractivity contribution in [3.63, 3.8) is 0 Å². The minimum absolute atomic E-state index is 0.0356. The molecule has 1 aliphatic rings. The third-order valence-corrected chi connectivity index (χ3v) is 6.78. The Morgan fingerprint density at radius 1 is 1.00 bits per heavy atom. The summed E-state index contributed by atoms with van der Waals surface area (Å²) in [6, 6.07) is 23.9. The number of carbonyl (C=O) groups excluding carboxylic acids is 2. The highest BCUT2D eigenvalue weighted by Gasteiger charge is 2.27. The quantitative estimate of drug-likeness (QED) is 0.351. The molecule has 0 saturated carbocycles. The molecule has 0 radical (unpaired) electrons. The summed E-state index contributed by atoms with van der Waals surface area (Å²) in [5.41, 5.74) is 2.67. The zero-order valence-electron chi connectivity index (χ0n) is 18.5. The molecule has 1 atom stereocenters. The first-order valence-electron chi connectivity index (χ1n) is 10.9. The van der Waals surface area contributed by atoms with Crippen molar-refractivity contribution in [1.82, 2.24) is 9.55 Å². The minimum Gasteiger partial charge on any atom is -0.323 e. The summed E-state index contributed by atoms with van der Waals surface area (Å²) in [7, 11) is 0. The first kappa shape index (κ1) is 21.9. The largest absolute Gasteiger partial charge is 0.323 e. The molecule has 1 N–H and O–H groups in total. The Hall–Kier alpha value is -3.91. The number of fused-ring (bicyclic) bond motifs is 2. The van der Waals surface area contributed by atoms with Crippen molar-refractivity contribution in [2.24, 2.45) is 0 Å². The first-order chi connectivity index (χ1) is 16.5. The average Bonchev–Trinajstić information content (AvgIpc) is 2.87. The maximum atomic E-state index is 13.5. The lowest BCUT2D eigenvalue weighted by atomic mass is 10.1. The predicted octanol–water partition coefficient (Wildman–Crippen LogP) is 4.08. The van der Waals surface area contributed by atoms with Gasteiger partial charge in [0.15, 0.2) is 5.16 Å². The summed E-state index contributed by atoms with van der Waals surface area (Å²) < 4.78 is 1.65. The molecule has 5 rings (SSSR count). The van der Waals surface area contributed by atoms with Crippen LogP contribution < -0.4 is 15.8 Å². The van der Waals surface area contributed by atoms with E-state index in [9.17, 15) is 14.4 Å². The molecule has 0 aliphatic carbocycles.